The summed E-state index contributed by atoms with van der Waals surface area (Å²) in [7, 11) is 3.87. The van der Waals surface area contributed by atoms with Crippen molar-refractivity contribution in [2.24, 2.45) is 0 Å². The lowest BCUT2D eigenvalue weighted by Crippen LogP contribution is -2.06. The zero-order chi connectivity index (χ0) is 12.0. The summed E-state index contributed by atoms with van der Waals surface area (Å²) in [5, 5.41) is 1.16. The highest BCUT2D eigenvalue weighted by atomic mass is 16.1. The number of para-hydroxylation sites is 1. The van der Waals surface area contributed by atoms with Gasteiger partial charge in [0.2, 0.25) is 5.78 Å². The van der Waals surface area contributed by atoms with E-state index in [2.05, 4.69) is 11.1 Å². The number of hydrogen-bond acceptors (Lipinski definition) is 2. The van der Waals surface area contributed by atoms with E-state index in [4.69, 9.17) is 0 Å². The fraction of sp³-hybridized carbons (Fsp3) is 0.214. The van der Waals surface area contributed by atoms with E-state index in [0.29, 0.717) is 0 Å². The molecule has 1 aliphatic rings. The van der Waals surface area contributed by atoms with Gasteiger partial charge in [0.15, 0.2) is 0 Å². The van der Waals surface area contributed by atoms with Gasteiger partial charge in [-0.15, -0.1) is 0 Å². The van der Waals surface area contributed by atoms with Crippen LogP contribution in [0.15, 0.2) is 36.0 Å². The second-order valence-corrected chi connectivity index (χ2v) is 4.65. The number of benzene rings is 1. The highest BCUT2D eigenvalue weighted by Crippen LogP contribution is 2.32. The Morgan fingerprint density at radius 3 is 2.82 bits per heavy atom. The number of H-pyrrole nitrogens is 1. The first-order valence-corrected chi connectivity index (χ1v) is 5.68. The van der Waals surface area contributed by atoms with E-state index < -0.39 is 0 Å². The molecule has 0 bridgehead atoms. The van der Waals surface area contributed by atoms with Gasteiger partial charge in [0, 0.05) is 43.2 Å². The Kier molecular flexibility index (Phi) is 2.08. The van der Waals surface area contributed by atoms with Gasteiger partial charge >= 0.3 is 0 Å². The molecular formula is C14H14N2O. The summed E-state index contributed by atoms with van der Waals surface area (Å²) in [5.41, 5.74) is 3.81. The molecule has 0 aliphatic heterocycles. The molecule has 0 fully saturated rings. The third-order valence-corrected chi connectivity index (χ3v) is 3.11. The monoisotopic (exact) mass is 226 g/mol. The fourth-order valence-corrected chi connectivity index (χ4v) is 2.42. The van der Waals surface area contributed by atoms with Crippen molar-refractivity contribution in [3.63, 3.8) is 0 Å². The molecule has 86 valence electrons. The van der Waals surface area contributed by atoms with Crippen LogP contribution in [-0.2, 0) is 6.42 Å². The largest absolute Gasteiger partial charge is 0.383 e. The molecule has 1 heterocycles. The summed E-state index contributed by atoms with van der Waals surface area (Å²) in [5.74, 6) is 0.130. The maximum atomic E-state index is 12.2. The van der Waals surface area contributed by atoms with Crippen molar-refractivity contribution < 1.29 is 4.79 Å². The molecule has 0 radical (unpaired) electrons. The Labute approximate surface area is 99.7 Å². The van der Waals surface area contributed by atoms with E-state index in [-0.39, 0.29) is 5.78 Å². The van der Waals surface area contributed by atoms with E-state index in [9.17, 15) is 4.79 Å². The summed E-state index contributed by atoms with van der Waals surface area (Å²) in [6, 6.07) is 8.07. The van der Waals surface area contributed by atoms with Gasteiger partial charge in [0.05, 0.1) is 5.69 Å². The summed E-state index contributed by atoms with van der Waals surface area (Å²) in [6.45, 7) is 0. The summed E-state index contributed by atoms with van der Waals surface area (Å²) in [4.78, 5) is 17.3. The van der Waals surface area contributed by atoms with E-state index in [0.717, 1.165) is 34.2 Å². The molecule has 1 aromatic carbocycles. The number of nitrogens with one attached hydrogen (secondary N) is 1. The molecule has 0 unspecified atom stereocenters. The third kappa shape index (κ3) is 1.46. The fourth-order valence-electron chi connectivity index (χ4n) is 2.42. The molecule has 1 aromatic heterocycles. The van der Waals surface area contributed by atoms with Crippen LogP contribution in [0.25, 0.3) is 10.9 Å². The molecule has 17 heavy (non-hydrogen) atoms. The molecule has 0 amide bonds. The number of fused-ring (bicyclic) bond motifs is 3. The molecule has 1 N–H and O–H groups in total. The normalized spacial score (nSPS) is 16.8. The van der Waals surface area contributed by atoms with Crippen LogP contribution in [0.3, 0.4) is 0 Å². The van der Waals surface area contributed by atoms with Crippen LogP contribution in [0.5, 0.6) is 0 Å². The molecule has 0 atom stereocenters. The molecule has 3 rings (SSSR count). The number of hydrogen-bond donors (Lipinski definition) is 1. The Hall–Kier alpha value is -2.03. The minimum Gasteiger partial charge on any atom is -0.383 e. The first kappa shape index (κ1) is 10.1. The number of rotatable bonds is 1. The standard InChI is InChI=1S/C14H14N2O/c1-16(2)8-9-7-11-10-5-3-4-6-12(10)15-13(11)14(9)17/h3-6,8,15H,7H2,1-2H3. The summed E-state index contributed by atoms with van der Waals surface area (Å²) < 4.78 is 0. The maximum absolute atomic E-state index is 12.2. The van der Waals surface area contributed by atoms with Crippen molar-refractivity contribution in [2.45, 2.75) is 6.42 Å². The van der Waals surface area contributed by atoms with Crippen molar-refractivity contribution in [3.05, 3.63) is 47.3 Å². The van der Waals surface area contributed by atoms with Gasteiger partial charge in [-0.1, -0.05) is 18.2 Å². The third-order valence-electron chi connectivity index (χ3n) is 3.11. The number of carbonyl (C=O) groups is 1. The van der Waals surface area contributed by atoms with Crippen molar-refractivity contribution in [3.8, 4) is 0 Å². The first-order valence-electron chi connectivity index (χ1n) is 5.68. The topological polar surface area (TPSA) is 36.1 Å². The minimum atomic E-state index is 0.130. The second kappa shape index (κ2) is 3.48. The number of allylic oxidation sites excluding steroid dienone is 1. The smallest absolute Gasteiger partial charge is 0.207 e. The van der Waals surface area contributed by atoms with Crippen LogP contribution in [0.4, 0.5) is 0 Å². The molecule has 2 aromatic rings. The second-order valence-electron chi connectivity index (χ2n) is 4.65. The van der Waals surface area contributed by atoms with Crippen LogP contribution in [0.1, 0.15) is 16.1 Å². The number of Topliss-reactive ketones (excluding diaryl/α,β-unsaturated/α-hetero) is 1. The predicted octanol–water partition coefficient (Wildman–Crippen LogP) is 2.35. The van der Waals surface area contributed by atoms with Gasteiger partial charge < -0.3 is 9.88 Å². The summed E-state index contributed by atoms with van der Waals surface area (Å²) >= 11 is 0. The minimum absolute atomic E-state index is 0.130. The van der Waals surface area contributed by atoms with Crippen LogP contribution < -0.4 is 0 Å². The number of ketones is 1. The van der Waals surface area contributed by atoms with Crippen LogP contribution in [-0.4, -0.2) is 29.8 Å². The van der Waals surface area contributed by atoms with Crippen molar-refractivity contribution in [1.29, 1.82) is 0 Å². The Morgan fingerprint density at radius 2 is 2.06 bits per heavy atom. The van der Waals surface area contributed by atoms with Crippen LogP contribution in [0, 0.1) is 0 Å². The lowest BCUT2D eigenvalue weighted by atomic mass is 10.1. The highest BCUT2D eigenvalue weighted by molar-refractivity contribution is 6.15. The summed E-state index contributed by atoms with van der Waals surface area (Å²) in [6.07, 6.45) is 2.64. The van der Waals surface area contributed by atoms with E-state index in [1.807, 2.05) is 43.4 Å². The van der Waals surface area contributed by atoms with Gasteiger partial charge in [0.1, 0.15) is 0 Å². The average molecular weight is 226 g/mol. The van der Waals surface area contributed by atoms with Gasteiger partial charge in [-0.3, -0.25) is 4.79 Å². The Bertz CT molecular complexity index is 635. The molecular weight excluding hydrogens is 212 g/mol. The lowest BCUT2D eigenvalue weighted by molar-refractivity contribution is 0.103. The number of aromatic nitrogens is 1. The van der Waals surface area contributed by atoms with Gasteiger partial charge in [-0.05, 0) is 11.6 Å². The predicted molar refractivity (Wildman–Crippen MR) is 68.1 cm³/mol. The van der Waals surface area contributed by atoms with Crippen molar-refractivity contribution in [1.82, 2.24) is 9.88 Å². The van der Waals surface area contributed by atoms with Gasteiger partial charge in [-0.2, -0.15) is 0 Å². The SMILES string of the molecule is CN(C)C=C1Cc2c([nH]c3ccccc23)C1=O. The van der Waals surface area contributed by atoms with Crippen LogP contribution >= 0.6 is 0 Å². The zero-order valence-electron chi connectivity index (χ0n) is 9.95. The molecule has 3 heteroatoms. The zero-order valence-corrected chi connectivity index (χ0v) is 9.95. The number of aromatic amines is 1. The van der Waals surface area contributed by atoms with E-state index in [1.54, 1.807) is 0 Å². The van der Waals surface area contributed by atoms with Gasteiger partial charge in [-0.25, -0.2) is 0 Å². The number of nitrogens with zero attached hydrogens (tertiary/aromatic N) is 1. The van der Waals surface area contributed by atoms with E-state index in [1.165, 1.54) is 0 Å². The van der Waals surface area contributed by atoms with Gasteiger partial charge in [0.25, 0.3) is 0 Å². The highest BCUT2D eigenvalue weighted by Gasteiger charge is 2.28. The molecule has 0 saturated heterocycles. The quantitative estimate of drug-likeness (QED) is 0.758. The maximum Gasteiger partial charge on any atom is 0.207 e. The Balaban J connectivity index is 2.16. The average Bonchev–Trinajstić information content (AvgIpc) is 2.78. The first-order chi connectivity index (χ1) is 8.16. The van der Waals surface area contributed by atoms with Crippen molar-refractivity contribution >= 4 is 16.7 Å². The Morgan fingerprint density at radius 1 is 1.29 bits per heavy atom. The van der Waals surface area contributed by atoms with Crippen LogP contribution in [0.2, 0.25) is 0 Å². The molecule has 1 aliphatic carbocycles. The number of carbonyl (C=O) groups excluding carboxylic acids is 1. The molecule has 3 nitrogen and oxygen atoms in total. The molecule has 0 spiro atoms. The van der Waals surface area contributed by atoms with E-state index >= 15 is 0 Å². The lowest BCUT2D eigenvalue weighted by Gasteiger charge is -2.05. The van der Waals surface area contributed by atoms with Crippen molar-refractivity contribution in [2.75, 3.05) is 14.1 Å². The molecule has 0 saturated carbocycles.